The Labute approximate surface area is 71.8 Å². The molecule has 0 saturated carbocycles. The average Bonchev–Trinajstić information content (AvgIpc) is 2.01. The van der Waals surface area contributed by atoms with E-state index in [9.17, 15) is 0 Å². The molecule has 1 rings (SSSR count). The molecule has 1 aromatic rings. The number of hydrogen-bond acceptors (Lipinski definition) is 3. The first kappa shape index (κ1) is 8.71. The van der Waals surface area contributed by atoms with Crippen molar-refractivity contribution in [2.24, 2.45) is 5.16 Å². The second-order valence-corrected chi connectivity index (χ2v) is 2.86. The smallest absolute Gasteiger partial charge is 0.102 e. The summed E-state index contributed by atoms with van der Waals surface area (Å²) in [5, 5.41) is 11.6. The Bertz CT molecular complexity index is 298. The first-order valence-electron chi connectivity index (χ1n) is 3.78. The van der Waals surface area contributed by atoms with Crippen molar-refractivity contribution in [3.8, 4) is 0 Å². The Kier molecular flexibility index (Phi) is 2.43. The lowest BCUT2D eigenvalue weighted by Crippen LogP contribution is -2.00. The summed E-state index contributed by atoms with van der Waals surface area (Å²) in [5.41, 5.74) is 3.34. The van der Waals surface area contributed by atoms with Crippen LogP contribution in [0.4, 0.5) is 0 Å². The highest BCUT2D eigenvalue weighted by Gasteiger charge is 2.00. The fourth-order valence-electron chi connectivity index (χ4n) is 1.08. The number of aryl methyl sites for hydroxylation is 2. The largest absolute Gasteiger partial charge is 0.411 e. The minimum Gasteiger partial charge on any atom is -0.411 e. The van der Waals surface area contributed by atoms with Crippen molar-refractivity contribution in [1.29, 1.82) is 0 Å². The monoisotopic (exact) mass is 164 g/mol. The molecule has 12 heavy (non-hydrogen) atoms. The first-order valence-corrected chi connectivity index (χ1v) is 3.78. The topological polar surface area (TPSA) is 45.5 Å². The number of hydrogen-bond donors (Lipinski definition) is 1. The van der Waals surface area contributed by atoms with Crippen LogP contribution in [0.1, 0.15) is 23.9 Å². The van der Waals surface area contributed by atoms with E-state index in [1.165, 1.54) is 0 Å². The highest BCUT2D eigenvalue weighted by atomic mass is 16.4. The van der Waals surface area contributed by atoms with Gasteiger partial charge < -0.3 is 5.21 Å². The van der Waals surface area contributed by atoms with Gasteiger partial charge in [0.05, 0.1) is 5.69 Å². The molecule has 0 fully saturated rings. The fourth-order valence-corrected chi connectivity index (χ4v) is 1.08. The van der Waals surface area contributed by atoms with E-state index in [2.05, 4.69) is 10.1 Å². The molecule has 3 nitrogen and oxygen atoms in total. The van der Waals surface area contributed by atoms with Gasteiger partial charge in [0.25, 0.3) is 0 Å². The molecular formula is C9H12N2O. The highest BCUT2D eigenvalue weighted by molar-refractivity contribution is 5.96. The predicted molar refractivity (Wildman–Crippen MR) is 47.7 cm³/mol. The van der Waals surface area contributed by atoms with E-state index in [1.807, 2.05) is 26.0 Å². The lowest BCUT2D eigenvalue weighted by Gasteiger charge is -2.01. The fraction of sp³-hybridized carbons (Fsp3) is 0.333. The Morgan fingerprint density at radius 2 is 2.08 bits per heavy atom. The molecule has 64 valence electrons. The van der Waals surface area contributed by atoms with Crippen LogP contribution in [0.5, 0.6) is 0 Å². The normalized spacial score (nSPS) is 11.8. The molecule has 0 amide bonds. The van der Waals surface area contributed by atoms with Crippen LogP contribution in [0.25, 0.3) is 0 Å². The molecule has 0 spiro atoms. The van der Waals surface area contributed by atoms with Crippen molar-refractivity contribution in [2.75, 3.05) is 0 Å². The lowest BCUT2D eigenvalue weighted by molar-refractivity contribution is 0.319. The van der Waals surface area contributed by atoms with Crippen molar-refractivity contribution in [1.82, 2.24) is 4.98 Å². The minimum absolute atomic E-state index is 0.543. The third-order valence-corrected chi connectivity index (χ3v) is 1.62. The average molecular weight is 164 g/mol. The molecule has 0 atom stereocenters. The minimum atomic E-state index is 0.543. The summed E-state index contributed by atoms with van der Waals surface area (Å²) in [6, 6.07) is 3.87. The van der Waals surface area contributed by atoms with Gasteiger partial charge in [-0.2, -0.15) is 0 Å². The molecule has 0 saturated heterocycles. The van der Waals surface area contributed by atoms with E-state index in [0.29, 0.717) is 5.71 Å². The molecule has 0 bridgehead atoms. The number of oxime groups is 1. The molecule has 3 heteroatoms. The van der Waals surface area contributed by atoms with Gasteiger partial charge in [0.2, 0.25) is 0 Å². The molecule has 1 aromatic heterocycles. The zero-order chi connectivity index (χ0) is 9.14. The van der Waals surface area contributed by atoms with E-state index in [1.54, 1.807) is 6.92 Å². The van der Waals surface area contributed by atoms with E-state index < -0.39 is 0 Å². The van der Waals surface area contributed by atoms with E-state index in [-0.39, 0.29) is 0 Å². The van der Waals surface area contributed by atoms with Crippen molar-refractivity contribution < 1.29 is 5.21 Å². The Hall–Kier alpha value is -1.38. The van der Waals surface area contributed by atoms with Gasteiger partial charge in [0.1, 0.15) is 5.71 Å². The second kappa shape index (κ2) is 3.34. The van der Waals surface area contributed by atoms with Gasteiger partial charge in [-0.3, -0.25) is 4.98 Å². The summed E-state index contributed by atoms with van der Waals surface area (Å²) in [6.45, 7) is 5.63. The highest BCUT2D eigenvalue weighted by Crippen LogP contribution is 2.04. The molecule has 1 heterocycles. The zero-order valence-electron chi connectivity index (χ0n) is 7.50. The van der Waals surface area contributed by atoms with Crippen LogP contribution in [-0.2, 0) is 0 Å². The summed E-state index contributed by atoms with van der Waals surface area (Å²) in [7, 11) is 0. The van der Waals surface area contributed by atoms with Gasteiger partial charge >= 0.3 is 0 Å². The third kappa shape index (κ3) is 1.81. The van der Waals surface area contributed by atoms with Gasteiger partial charge in [0.15, 0.2) is 0 Å². The van der Waals surface area contributed by atoms with Gasteiger partial charge in [-0.1, -0.05) is 5.16 Å². The zero-order valence-corrected chi connectivity index (χ0v) is 7.50. The lowest BCUT2D eigenvalue weighted by atomic mass is 10.2. The number of nitrogens with zero attached hydrogens (tertiary/aromatic N) is 2. The van der Waals surface area contributed by atoms with Crippen LogP contribution >= 0.6 is 0 Å². The van der Waals surface area contributed by atoms with Crippen LogP contribution in [0.2, 0.25) is 0 Å². The molecule has 0 aliphatic heterocycles. The second-order valence-electron chi connectivity index (χ2n) is 2.86. The Morgan fingerprint density at radius 3 is 2.58 bits per heavy atom. The van der Waals surface area contributed by atoms with Crippen LogP contribution < -0.4 is 0 Å². The molecule has 0 aromatic carbocycles. The van der Waals surface area contributed by atoms with Crippen LogP contribution in [0.3, 0.4) is 0 Å². The number of pyridine rings is 1. The molecule has 0 aliphatic carbocycles. The third-order valence-electron chi connectivity index (χ3n) is 1.62. The van der Waals surface area contributed by atoms with Crippen LogP contribution in [-0.4, -0.2) is 15.9 Å². The first-order chi connectivity index (χ1) is 5.63. The van der Waals surface area contributed by atoms with E-state index >= 15 is 0 Å². The van der Waals surface area contributed by atoms with E-state index in [0.717, 1.165) is 17.0 Å². The van der Waals surface area contributed by atoms with Gasteiger partial charge in [-0.25, -0.2) is 0 Å². The summed E-state index contributed by atoms with van der Waals surface area (Å²) >= 11 is 0. The molecule has 0 radical (unpaired) electrons. The summed E-state index contributed by atoms with van der Waals surface area (Å²) < 4.78 is 0. The molecular weight excluding hydrogens is 152 g/mol. The predicted octanol–water partition coefficient (Wildman–Crippen LogP) is 1.90. The SMILES string of the molecule is C/C(=N\O)c1cc(C)cc(C)n1. The maximum absolute atomic E-state index is 8.52. The van der Waals surface area contributed by atoms with E-state index in [4.69, 9.17) is 5.21 Å². The van der Waals surface area contributed by atoms with Crippen molar-refractivity contribution in [3.05, 3.63) is 29.1 Å². The standard InChI is InChI=1S/C9H12N2O/c1-6-4-7(2)10-9(5-6)8(3)11-12/h4-5,12H,1-3H3/b11-8+. The Morgan fingerprint density at radius 1 is 1.42 bits per heavy atom. The summed E-state index contributed by atoms with van der Waals surface area (Å²) in [4.78, 5) is 4.21. The summed E-state index contributed by atoms with van der Waals surface area (Å²) in [6.07, 6.45) is 0. The Balaban J connectivity index is 3.17. The van der Waals surface area contributed by atoms with Crippen LogP contribution in [0, 0.1) is 13.8 Å². The maximum Gasteiger partial charge on any atom is 0.102 e. The van der Waals surface area contributed by atoms with Crippen LogP contribution in [0.15, 0.2) is 17.3 Å². The van der Waals surface area contributed by atoms with Gasteiger partial charge in [0, 0.05) is 5.69 Å². The van der Waals surface area contributed by atoms with Gasteiger partial charge in [-0.05, 0) is 38.5 Å². The maximum atomic E-state index is 8.52. The number of aromatic nitrogens is 1. The quantitative estimate of drug-likeness (QED) is 0.391. The molecule has 0 aliphatic rings. The molecule has 1 N–H and O–H groups in total. The molecule has 0 unspecified atom stereocenters. The van der Waals surface area contributed by atoms with Crippen molar-refractivity contribution in [2.45, 2.75) is 20.8 Å². The van der Waals surface area contributed by atoms with Crippen molar-refractivity contribution >= 4 is 5.71 Å². The van der Waals surface area contributed by atoms with Crippen molar-refractivity contribution in [3.63, 3.8) is 0 Å². The van der Waals surface area contributed by atoms with Gasteiger partial charge in [-0.15, -0.1) is 0 Å². The summed E-state index contributed by atoms with van der Waals surface area (Å²) in [5.74, 6) is 0. The number of rotatable bonds is 1.